The molecule has 0 amide bonds. The SMILES string of the molecule is CN(Cc1ccc2c(c1)CC(C)(C)O2)Cc1ccn[nH]1. The van der Waals surface area contributed by atoms with E-state index >= 15 is 0 Å². The maximum Gasteiger partial charge on any atom is 0.123 e. The molecule has 0 fully saturated rings. The monoisotopic (exact) mass is 271 g/mol. The summed E-state index contributed by atoms with van der Waals surface area (Å²) in [6.45, 7) is 6.07. The van der Waals surface area contributed by atoms with Crippen molar-refractivity contribution in [1.29, 1.82) is 0 Å². The highest BCUT2D eigenvalue weighted by Crippen LogP contribution is 2.35. The summed E-state index contributed by atoms with van der Waals surface area (Å²) < 4.78 is 5.91. The third-order valence-electron chi connectivity index (χ3n) is 3.58. The number of nitrogens with one attached hydrogen (secondary N) is 1. The van der Waals surface area contributed by atoms with E-state index in [1.807, 2.05) is 6.07 Å². The van der Waals surface area contributed by atoms with Crippen LogP contribution in [-0.4, -0.2) is 27.7 Å². The van der Waals surface area contributed by atoms with Gasteiger partial charge in [0.1, 0.15) is 11.4 Å². The van der Waals surface area contributed by atoms with E-state index in [-0.39, 0.29) is 5.60 Å². The van der Waals surface area contributed by atoms with Crippen LogP contribution in [-0.2, 0) is 19.5 Å². The standard InChI is InChI=1S/C16H21N3O/c1-16(2)9-13-8-12(4-5-15(13)20-16)10-19(3)11-14-6-7-17-18-14/h4-8H,9-11H2,1-3H3,(H,17,18). The Balaban J connectivity index is 1.67. The van der Waals surface area contributed by atoms with Crippen LogP contribution < -0.4 is 4.74 Å². The molecule has 0 radical (unpaired) electrons. The maximum absolute atomic E-state index is 5.91. The van der Waals surface area contributed by atoms with Crippen molar-refractivity contribution in [3.63, 3.8) is 0 Å². The molecule has 0 spiro atoms. The summed E-state index contributed by atoms with van der Waals surface area (Å²) in [5.41, 5.74) is 3.72. The summed E-state index contributed by atoms with van der Waals surface area (Å²) >= 11 is 0. The molecule has 1 aliphatic heterocycles. The third kappa shape index (κ3) is 2.85. The van der Waals surface area contributed by atoms with Crippen LogP contribution in [0, 0.1) is 0 Å². The number of hydrogen-bond donors (Lipinski definition) is 1. The lowest BCUT2D eigenvalue weighted by Gasteiger charge is -2.16. The molecule has 4 heteroatoms. The van der Waals surface area contributed by atoms with Crippen molar-refractivity contribution in [3.05, 3.63) is 47.3 Å². The van der Waals surface area contributed by atoms with Crippen LogP contribution in [0.2, 0.25) is 0 Å². The molecule has 0 aliphatic carbocycles. The molecule has 0 unspecified atom stereocenters. The smallest absolute Gasteiger partial charge is 0.123 e. The molecule has 1 aromatic carbocycles. The Morgan fingerprint density at radius 2 is 2.15 bits per heavy atom. The number of H-pyrrole nitrogens is 1. The number of nitrogens with zero attached hydrogens (tertiary/aromatic N) is 2. The maximum atomic E-state index is 5.91. The molecule has 0 saturated carbocycles. The van der Waals surface area contributed by atoms with Crippen LogP contribution in [0.15, 0.2) is 30.5 Å². The molecular weight excluding hydrogens is 250 g/mol. The normalized spacial score (nSPS) is 16.2. The number of benzene rings is 1. The van der Waals surface area contributed by atoms with E-state index < -0.39 is 0 Å². The highest BCUT2D eigenvalue weighted by atomic mass is 16.5. The van der Waals surface area contributed by atoms with Crippen LogP contribution in [0.25, 0.3) is 0 Å². The van der Waals surface area contributed by atoms with Gasteiger partial charge in [-0.05, 0) is 44.2 Å². The minimum Gasteiger partial charge on any atom is -0.487 e. The first kappa shape index (κ1) is 13.2. The van der Waals surface area contributed by atoms with E-state index in [9.17, 15) is 0 Å². The topological polar surface area (TPSA) is 41.1 Å². The van der Waals surface area contributed by atoms with Crippen molar-refractivity contribution in [1.82, 2.24) is 15.1 Å². The molecule has 3 rings (SSSR count). The largest absolute Gasteiger partial charge is 0.487 e. The highest BCUT2D eigenvalue weighted by Gasteiger charge is 2.29. The molecule has 4 nitrogen and oxygen atoms in total. The average Bonchev–Trinajstić information content (AvgIpc) is 2.94. The minimum atomic E-state index is -0.0667. The van der Waals surface area contributed by atoms with Crippen LogP contribution in [0.5, 0.6) is 5.75 Å². The van der Waals surface area contributed by atoms with Gasteiger partial charge in [0.15, 0.2) is 0 Å². The summed E-state index contributed by atoms with van der Waals surface area (Å²) in [6.07, 6.45) is 2.78. The van der Waals surface area contributed by atoms with Crippen LogP contribution in [0.4, 0.5) is 0 Å². The fourth-order valence-corrected chi connectivity index (χ4v) is 2.79. The fourth-order valence-electron chi connectivity index (χ4n) is 2.79. The number of aromatic amines is 1. The Labute approximate surface area is 119 Å². The minimum absolute atomic E-state index is 0.0667. The molecule has 1 aromatic heterocycles. The quantitative estimate of drug-likeness (QED) is 0.929. The second kappa shape index (κ2) is 4.94. The predicted octanol–water partition coefficient (Wildman–Crippen LogP) is 2.76. The second-order valence-corrected chi connectivity index (χ2v) is 6.23. The first-order valence-corrected chi connectivity index (χ1v) is 6.99. The molecule has 0 saturated heterocycles. The van der Waals surface area contributed by atoms with E-state index in [0.29, 0.717) is 0 Å². The van der Waals surface area contributed by atoms with Crippen molar-refractivity contribution in [2.75, 3.05) is 7.05 Å². The van der Waals surface area contributed by atoms with Crippen LogP contribution >= 0.6 is 0 Å². The van der Waals surface area contributed by atoms with Crippen molar-refractivity contribution in [2.24, 2.45) is 0 Å². The van der Waals surface area contributed by atoms with Crippen LogP contribution in [0.3, 0.4) is 0 Å². The highest BCUT2D eigenvalue weighted by molar-refractivity contribution is 5.41. The molecule has 0 bridgehead atoms. The van der Waals surface area contributed by atoms with E-state index in [1.54, 1.807) is 6.20 Å². The predicted molar refractivity (Wildman–Crippen MR) is 78.6 cm³/mol. The first-order valence-electron chi connectivity index (χ1n) is 6.99. The van der Waals surface area contributed by atoms with Gasteiger partial charge in [-0.25, -0.2) is 0 Å². The van der Waals surface area contributed by atoms with Gasteiger partial charge in [0.05, 0.1) is 0 Å². The lowest BCUT2D eigenvalue weighted by molar-refractivity contribution is 0.138. The molecule has 0 atom stereocenters. The van der Waals surface area contributed by atoms with Crippen LogP contribution in [0.1, 0.15) is 30.7 Å². The lowest BCUT2D eigenvalue weighted by atomic mass is 10.00. The molecule has 2 heterocycles. The summed E-state index contributed by atoms with van der Waals surface area (Å²) in [6, 6.07) is 8.54. The number of rotatable bonds is 4. The van der Waals surface area contributed by atoms with Crippen molar-refractivity contribution in [3.8, 4) is 5.75 Å². The Morgan fingerprint density at radius 3 is 2.90 bits per heavy atom. The molecule has 1 N–H and O–H groups in total. The van der Waals surface area contributed by atoms with E-state index in [1.165, 1.54) is 11.1 Å². The number of hydrogen-bond acceptors (Lipinski definition) is 3. The summed E-state index contributed by atoms with van der Waals surface area (Å²) in [5.74, 6) is 1.04. The van der Waals surface area contributed by atoms with Gasteiger partial charge in [-0.3, -0.25) is 10.00 Å². The molecule has 2 aromatic rings. The Bertz CT molecular complexity index is 590. The summed E-state index contributed by atoms with van der Waals surface area (Å²) in [7, 11) is 2.12. The molecule has 1 aliphatic rings. The first-order chi connectivity index (χ1) is 9.52. The molecule has 106 valence electrons. The second-order valence-electron chi connectivity index (χ2n) is 6.23. The Hall–Kier alpha value is -1.81. The van der Waals surface area contributed by atoms with Crippen molar-refractivity contribution in [2.45, 2.75) is 39.0 Å². The van der Waals surface area contributed by atoms with E-state index in [0.717, 1.165) is 31.0 Å². The number of aromatic nitrogens is 2. The van der Waals surface area contributed by atoms with E-state index in [4.69, 9.17) is 4.74 Å². The summed E-state index contributed by atoms with van der Waals surface area (Å²) in [4.78, 5) is 2.27. The fraction of sp³-hybridized carbons (Fsp3) is 0.438. The number of ether oxygens (including phenoxy) is 1. The number of fused-ring (bicyclic) bond motifs is 1. The van der Waals surface area contributed by atoms with E-state index in [2.05, 4.69) is 54.2 Å². The average molecular weight is 271 g/mol. The van der Waals surface area contributed by atoms with Gasteiger partial charge in [0, 0.05) is 31.4 Å². The Morgan fingerprint density at radius 1 is 1.30 bits per heavy atom. The van der Waals surface area contributed by atoms with Crippen molar-refractivity contribution < 1.29 is 4.74 Å². The summed E-state index contributed by atoms with van der Waals surface area (Å²) in [5, 5.41) is 6.97. The van der Waals surface area contributed by atoms with Gasteiger partial charge in [-0.1, -0.05) is 12.1 Å². The molecular formula is C16H21N3O. The van der Waals surface area contributed by atoms with Crippen molar-refractivity contribution >= 4 is 0 Å². The van der Waals surface area contributed by atoms with Gasteiger partial charge >= 0.3 is 0 Å². The Kier molecular flexibility index (Phi) is 3.26. The third-order valence-corrected chi connectivity index (χ3v) is 3.58. The van der Waals surface area contributed by atoms with Gasteiger partial charge in [0.2, 0.25) is 0 Å². The zero-order valence-corrected chi connectivity index (χ0v) is 12.3. The van der Waals surface area contributed by atoms with Gasteiger partial charge < -0.3 is 4.74 Å². The lowest BCUT2D eigenvalue weighted by Crippen LogP contribution is -2.24. The molecule has 20 heavy (non-hydrogen) atoms. The van der Waals surface area contributed by atoms with Gasteiger partial charge in [0.25, 0.3) is 0 Å². The van der Waals surface area contributed by atoms with Gasteiger partial charge in [-0.15, -0.1) is 0 Å². The zero-order chi connectivity index (χ0) is 14.2. The van der Waals surface area contributed by atoms with Gasteiger partial charge in [-0.2, -0.15) is 5.10 Å². The zero-order valence-electron chi connectivity index (χ0n) is 12.3.